The van der Waals surface area contributed by atoms with Gasteiger partial charge in [0, 0.05) is 12.2 Å². The molecule has 0 unspecified atom stereocenters. The lowest BCUT2D eigenvalue weighted by molar-refractivity contribution is -0.139. The van der Waals surface area contributed by atoms with Gasteiger partial charge in [-0.3, -0.25) is 9.69 Å². The van der Waals surface area contributed by atoms with Gasteiger partial charge in [0.2, 0.25) is 5.91 Å². The number of carbonyl (C=O) groups is 2. The van der Waals surface area contributed by atoms with Crippen LogP contribution in [-0.2, 0) is 14.3 Å². The first-order chi connectivity index (χ1) is 13.1. The molecular formula is C21H20N2O3S. The highest BCUT2D eigenvalue weighted by Gasteiger charge is 2.42. The predicted octanol–water partition coefficient (Wildman–Crippen LogP) is 4.05. The van der Waals surface area contributed by atoms with Crippen molar-refractivity contribution >= 4 is 39.6 Å². The standard InChI is InChI=1S/C21H20N2O3S/c1-3-26-20(25)18-13(2)22-21-23(17(24)11-12-27-21)19(18)16-10-6-8-14-7-4-5-9-15(14)16/h4-10,19H,3,11-12H2,1-2H3/t19-/m0/s1. The zero-order chi connectivity index (χ0) is 19.0. The van der Waals surface area contributed by atoms with Crippen molar-refractivity contribution in [3.8, 4) is 0 Å². The summed E-state index contributed by atoms with van der Waals surface area (Å²) in [5.41, 5.74) is 1.96. The van der Waals surface area contributed by atoms with Crippen LogP contribution in [0.1, 0.15) is 31.9 Å². The van der Waals surface area contributed by atoms with E-state index in [9.17, 15) is 9.59 Å². The van der Waals surface area contributed by atoms with Gasteiger partial charge in [-0.15, -0.1) is 0 Å². The SMILES string of the molecule is CCOC(=O)C1=C(C)N=C2SCCC(=O)N2[C@H]1c1cccc2ccccc12. The van der Waals surface area contributed by atoms with Gasteiger partial charge in [-0.25, -0.2) is 9.79 Å². The molecule has 4 rings (SSSR count). The van der Waals surface area contributed by atoms with Crippen molar-refractivity contribution in [1.29, 1.82) is 0 Å². The number of benzene rings is 2. The highest BCUT2D eigenvalue weighted by atomic mass is 32.2. The van der Waals surface area contributed by atoms with Crippen molar-refractivity contribution in [2.45, 2.75) is 26.3 Å². The molecule has 0 saturated carbocycles. The predicted molar refractivity (Wildman–Crippen MR) is 107 cm³/mol. The van der Waals surface area contributed by atoms with Gasteiger partial charge in [-0.1, -0.05) is 54.2 Å². The largest absolute Gasteiger partial charge is 0.463 e. The molecule has 5 nitrogen and oxygen atoms in total. The van der Waals surface area contributed by atoms with Gasteiger partial charge in [-0.05, 0) is 30.2 Å². The van der Waals surface area contributed by atoms with Crippen LogP contribution in [0.2, 0.25) is 0 Å². The van der Waals surface area contributed by atoms with Crippen LogP contribution in [-0.4, -0.2) is 34.3 Å². The van der Waals surface area contributed by atoms with Crippen LogP contribution in [0.25, 0.3) is 10.8 Å². The van der Waals surface area contributed by atoms with Gasteiger partial charge in [0.05, 0.1) is 23.9 Å². The zero-order valence-corrected chi connectivity index (χ0v) is 16.1. The maximum Gasteiger partial charge on any atom is 0.338 e. The number of ether oxygens (including phenoxy) is 1. The molecule has 138 valence electrons. The van der Waals surface area contributed by atoms with Crippen LogP contribution in [0.15, 0.2) is 58.7 Å². The number of hydrogen-bond acceptors (Lipinski definition) is 5. The highest BCUT2D eigenvalue weighted by Crippen LogP contribution is 2.42. The lowest BCUT2D eigenvalue weighted by atomic mass is 9.90. The Hall–Kier alpha value is -2.60. The Kier molecular flexibility index (Phi) is 4.74. The van der Waals surface area contributed by atoms with Crippen molar-refractivity contribution in [2.75, 3.05) is 12.4 Å². The number of carbonyl (C=O) groups excluding carboxylic acids is 2. The van der Waals surface area contributed by atoms with E-state index in [1.54, 1.807) is 23.6 Å². The maximum atomic E-state index is 12.8. The Bertz CT molecular complexity index is 991. The molecule has 1 saturated heterocycles. The van der Waals surface area contributed by atoms with Crippen LogP contribution >= 0.6 is 11.8 Å². The van der Waals surface area contributed by atoms with Crippen LogP contribution < -0.4 is 0 Å². The summed E-state index contributed by atoms with van der Waals surface area (Å²) < 4.78 is 5.32. The lowest BCUT2D eigenvalue weighted by Gasteiger charge is -2.39. The number of nitrogens with zero attached hydrogens (tertiary/aromatic N) is 2. The van der Waals surface area contributed by atoms with E-state index in [1.165, 1.54) is 0 Å². The highest BCUT2D eigenvalue weighted by molar-refractivity contribution is 8.14. The van der Waals surface area contributed by atoms with E-state index in [0.717, 1.165) is 16.3 Å². The average Bonchev–Trinajstić information content (AvgIpc) is 2.67. The Morgan fingerprint density at radius 2 is 2.04 bits per heavy atom. The topological polar surface area (TPSA) is 59.0 Å². The Labute approximate surface area is 162 Å². The number of fused-ring (bicyclic) bond motifs is 2. The summed E-state index contributed by atoms with van der Waals surface area (Å²) in [5.74, 6) is 0.275. The second kappa shape index (κ2) is 7.19. The maximum absolute atomic E-state index is 12.8. The molecule has 0 radical (unpaired) electrons. The zero-order valence-electron chi connectivity index (χ0n) is 15.3. The van der Waals surface area contributed by atoms with Crippen molar-refractivity contribution in [2.24, 2.45) is 4.99 Å². The Morgan fingerprint density at radius 1 is 1.26 bits per heavy atom. The average molecular weight is 380 g/mol. The molecule has 0 aliphatic carbocycles. The summed E-state index contributed by atoms with van der Waals surface area (Å²) in [6.45, 7) is 3.87. The fourth-order valence-electron chi connectivity index (χ4n) is 3.65. The molecule has 0 aromatic heterocycles. The number of rotatable bonds is 3. The second-order valence-corrected chi connectivity index (χ2v) is 7.51. The first-order valence-electron chi connectivity index (χ1n) is 9.01. The molecule has 0 bridgehead atoms. The van der Waals surface area contributed by atoms with Gasteiger partial charge in [0.1, 0.15) is 0 Å². The van der Waals surface area contributed by atoms with E-state index in [0.29, 0.717) is 28.6 Å². The summed E-state index contributed by atoms with van der Waals surface area (Å²) in [5, 5.41) is 2.75. The molecule has 1 atom stereocenters. The first kappa shape index (κ1) is 17.8. The molecule has 1 amide bonds. The van der Waals surface area contributed by atoms with Crippen LogP contribution in [0.4, 0.5) is 0 Å². The Balaban J connectivity index is 1.96. The quantitative estimate of drug-likeness (QED) is 0.754. The molecule has 0 N–H and O–H groups in total. The van der Waals surface area contributed by atoms with Gasteiger partial charge in [-0.2, -0.15) is 0 Å². The molecule has 0 spiro atoms. The third-order valence-electron chi connectivity index (χ3n) is 4.82. The van der Waals surface area contributed by atoms with Gasteiger partial charge in [0.15, 0.2) is 5.17 Å². The van der Waals surface area contributed by atoms with E-state index in [4.69, 9.17) is 4.74 Å². The summed E-state index contributed by atoms with van der Waals surface area (Å²) in [6.07, 6.45) is 0.431. The molecule has 6 heteroatoms. The molecule has 27 heavy (non-hydrogen) atoms. The van der Waals surface area contributed by atoms with E-state index >= 15 is 0 Å². The summed E-state index contributed by atoms with van der Waals surface area (Å²) >= 11 is 1.55. The smallest absolute Gasteiger partial charge is 0.338 e. The fraction of sp³-hybridized carbons (Fsp3) is 0.286. The van der Waals surface area contributed by atoms with E-state index in [2.05, 4.69) is 4.99 Å². The van der Waals surface area contributed by atoms with Crippen molar-refractivity contribution in [3.05, 3.63) is 59.3 Å². The van der Waals surface area contributed by atoms with Gasteiger partial charge < -0.3 is 4.74 Å². The minimum Gasteiger partial charge on any atom is -0.463 e. The van der Waals surface area contributed by atoms with E-state index in [1.807, 2.05) is 49.4 Å². The monoisotopic (exact) mass is 380 g/mol. The van der Waals surface area contributed by atoms with Crippen molar-refractivity contribution in [3.63, 3.8) is 0 Å². The third kappa shape index (κ3) is 3.04. The number of amidine groups is 1. The summed E-state index contributed by atoms with van der Waals surface area (Å²) in [4.78, 5) is 31.9. The number of aliphatic imine (C=N–C) groups is 1. The number of esters is 1. The number of thioether (sulfide) groups is 1. The van der Waals surface area contributed by atoms with Crippen LogP contribution in [0.5, 0.6) is 0 Å². The van der Waals surface area contributed by atoms with Crippen molar-refractivity contribution in [1.82, 2.24) is 4.90 Å². The summed E-state index contributed by atoms with van der Waals surface area (Å²) in [7, 11) is 0. The normalized spacial score (nSPS) is 19.8. The molecule has 1 fully saturated rings. The lowest BCUT2D eigenvalue weighted by Crippen LogP contribution is -2.45. The molecule has 2 aromatic carbocycles. The molecule has 2 heterocycles. The number of amides is 1. The van der Waals surface area contributed by atoms with Crippen LogP contribution in [0.3, 0.4) is 0 Å². The minimum atomic E-state index is -0.525. The molecule has 2 aliphatic rings. The van der Waals surface area contributed by atoms with E-state index in [-0.39, 0.29) is 12.5 Å². The number of allylic oxidation sites excluding steroid dienone is 1. The first-order valence-corrected chi connectivity index (χ1v) is 9.99. The third-order valence-corrected chi connectivity index (χ3v) is 5.77. The van der Waals surface area contributed by atoms with E-state index < -0.39 is 12.0 Å². The van der Waals surface area contributed by atoms with Gasteiger partial charge >= 0.3 is 5.97 Å². The summed E-state index contributed by atoms with van der Waals surface area (Å²) in [6, 6.07) is 13.5. The van der Waals surface area contributed by atoms with Crippen molar-refractivity contribution < 1.29 is 14.3 Å². The second-order valence-electron chi connectivity index (χ2n) is 6.45. The molecular weight excluding hydrogens is 360 g/mol. The Morgan fingerprint density at radius 3 is 2.85 bits per heavy atom. The molecule has 2 aromatic rings. The number of hydrogen-bond donors (Lipinski definition) is 0. The fourth-order valence-corrected chi connectivity index (χ4v) is 4.66. The van der Waals surface area contributed by atoms with Crippen LogP contribution in [0, 0.1) is 0 Å². The minimum absolute atomic E-state index is 0.0141. The molecule has 2 aliphatic heterocycles. The van der Waals surface area contributed by atoms with Gasteiger partial charge in [0.25, 0.3) is 0 Å².